The number of methoxy groups -OCH3 is 1. The highest BCUT2D eigenvalue weighted by Crippen LogP contribution is 2.37. The van der Waals surface area contributed by atoms with E-state index >= 15 is 0 Å². The molecule has 1 heterocycles. The molecule has 0 aromatic heterocycles. The standard InChI is InChI=1S/C17H23ClN2O2/c1-22-11-17(6-2-3-7-17)10-19-16(21)15-9-12-8-13(18)4-5-14(12)20-15/h4-5,8,15,20H,2-3,6-7,9-11H2,1H3,(H,19,21)/t15-/m0/s1. The summed E-state index contributed by atoms with van der Waals surface area (Å²) in [4.78, 5) is 12.5. The van der Waals surface area contributed by atoms with Crippen LogP contribution in [0.5, 0.6) is 0 Å². The average molecular weight is 323 g/mol. The molecule has 4 nitrogen and oxygen atoms in total. The Bertz CT molecular complexity index is 556. The van der Waals surface area contributed by atoms with Gasteiger partial charge in [0.05, 0.1) is 6.61 Å². The zero-order valence-electron chi connectivity index (χ0n) is 13.0. The number of amides is 1. The predicted molar refractivity (Wildman–Crippen MR) is 88.4 cm³/mol. The third kappa shape index (κ3) is 3.23. The van der Waals surface area contributed by atoms with Crippen LogP contribution in [0, 0.1) is 5.41 Å². The Morgan fingerprint density at radius 3 is 2.95 bits per heavy atom. The molecule has 3 rings (SSSR count). The summed E-state index contributed by atoms with van der Waals surface area (Å²) in [5, 5.41) is 7.12. The van der Waals surface area contributed by atoms with E-state index in [1.165, 1.54) is 12.8 Å². The van der Waals surface area contributed by atoms with Gasteiger partial charge in [-0.15, -0.1) is 0 Å². The highest BCUT2D eigenvalue weighted by Gasteiger charge is 2.35. The normalized spacial score (nSPS) is 22.2. The van der Waals surface area contributed by atoms with E-state index in [9.17, 15) is 4.79 Å². The minimum absolute atomic E-state index is 0.0645. The number of ether oxygens (including phenoxy) is 1. The van der Waals surface area contributed by atoms with Crippen molar-refractivity contribution in [3.05, 3.63) is 28.8 Å². The summed E-state index contributed by atoms with van der Waals surface area (Å²) in [5.74, 6) is 0.0645. The lowest BCUT2D eigenvalue weighted by molar-refractivity contribution is -0.122. The molecule has 1 amide bonds. The Labute approximate surface area is 136 Å². The third-order valence-corrected chi connectivity index (χ3v) is 5.13. The molecule has 1 aromatic carbocycles. The van der Waals surface area contributed by atoms with Crippen molar-refractivity contribution in [2.45, 2.75) is 38.1 Å². The van der Waals surface area contributed by atoms with Crippen molar-refractivity contribution in [3.63, 3.8) is 0 Å². The molecule has 1 aromatic rings. The topological polar surface area (TPSA) is 50.4 Å². The molecule has 1 aliphatic carbocycles. The van der Waals surface area contributed by atoms with Crippen molar-refractivity contribution in [1.82, 2.24) is 5.32 Å². The van der Waals surface area contributed by atoms with E-state index in [1.54, 1.807) is 7.11 Å². The van der Waals surface area contributed by atoms with E-state index in [1.807, 2.05) is 18.2 Å². The van der Waals surface area contributed by atoms with Gasteiger partial charge >= 0.3 is 0 Å². The lowest BCUT2D eigenvalue weighted by Crippen LogP contribution is -2.44. The van der Waals surface area contributed by atoms with E-state index in [0.717, 1.165) is 30.7 Å². The highest BCUT2D eigenvalue weighted by atomic mass is 35.5. The number of halogens is 1. The van der Waals surface area contributed by atoms with Crippen LogP contribution in [0.25, 0.3) is 0 Å². The largest absolute Gasteiger partial charge is 0.384 e. The van der Waals surface area contributed by atoms with E-state index in [-0.39, 0.29) is 17.4 Å². The Balaban J connectivity index is 1.57. The van der Waals surface area contributed by atoms with Gasteiger partial charge < -0.3 is 15.4 Å². The molecule has 1 fully saturated rings. The highest BCUT2D eigenvalue weighted by molar-refractivity contribution is 6.30. The summed E-state index contributed by atoms with van der Waals surface area (Å²) in [7, 11) is 1.74. The second-order valence-electron chi connectivity index (χ2n) is 6.56. The van der Waals surface area contributed by atoms with Crippen LogP contribution in [0.3, 0.4) is 0 Å². The lowest BCUT2D eigenvalue weighted by atomic mass is 9.87. The minimum Gasteiger partial charge on any atom is -0.384 e. The van der Waals surface area contributed by atoms with E-state index in [2.05, 4.69) is 10.6 Å². The van der Waals surface area contributed by atoms with Gasteiger partial charge in [0, 0.05) is 36.2 Å². The molecule has 0 radical (unpaired) electrons. The van der Waals surface area contributed by atoms with Crippen molar-refractivity contribution in [2.75, 3.05) is 25.6 Å². The molecule has 2 aliphatic rings. The van der Waals surface area contributed by atoms with E-state index in [0.29, 0.717) is 18.0 Å². The van der Waals surface area contributed by atoms with Crippen LogP contribution < -0.4 is 10.6 Å². The Hall–Kier alpha value is -1.26. The van der Waals surface area contributed by atoms with Gasteiger partial charge in [-0.3, -0.25) is 4.79 Å². The third-order valence-electron chi connectivity index (χ3n) is 4.89. The van der Waals surface area contributed by atoms with Crippen LogP contribution in [-0.2, 0) is 16.0 Å². The maximum Gasteiger partial charge on any atom is 0.242 e. The van der Waals surface area contributed by atoms with Gasteiger partial charge in [0.2, 0.25) is 5.91 Å². The van der Waals surface area contributed by atoms with Crippen molar-refractivity contribution in [1.29, 1.82) is 0 Å². The van der Waals surface area contributed by atoms with Gasteiger partial charge in [-0.25, -0.2) is 0 Å². The fraction of sp³-hybridized carbons (Fsp3) is 0.588. The van der Waals surface area contributed by atoms with Crippen molar-refractivity contribution in [2.24, 2.45) is 5.41 Å². The number of fused-ring (bicyclic) bond motifs is 1. The van der Waals surface area contributed by atoms with Crippen LogP contribution in [0.4, 0.5) is 5.69 Å². The molecule has 0 spiro atoms. The first-order chi connectivity index (χ1) is 10.6. The molecule has 120 valence electrons. The van der Waals surface area contributed by atoms with Crippen LogP contribution in [-0.4, -0.2) is 32.2 Å². The van der Waals surface area contributed by atoms with E-state index in [4.69, 9.17) is 16.3 Å². The van der Waals surface area contributed by atoms with Crippen molar-refractivity contribution < 1.29 is 9.53 Å². The van der Waals surface area contributed by atoms with Gasteiger partial charge in [-0.1, -0.05) is 24.4 Å². The summed E-state index contributed by atoms with van der Waals surface area (Å²) in [6.07, 6.45) is 5.42. The predicted octanol–water partition coefficient (Wildman–Crippen LogP) is 3.00. The molecule has 2 N–H and O–H groups in total. The maximum atomic E-state index is 12.5. The van der Waals surface area contributed by atoms with Crippen LogP contribution in [0.2, 0.25) is 5.02 Å². The monoisotopic (exact) mass is 322 g/mol. The Morgan fingerprint density at radius 2 is 2.23 bits per heavy atom. The summed E-state index contributed by atoms with van der Waals surface area (Å²) >= 11 is 6.01. The quantitative estimate of drug-likeness (QED) is 0.876. The van der Waals surface area contributed by atoms with Crippen molar-refractivity contribution >= 4 is 23.2 Å². The van der Waals surface area contributed by atoms with Crippen LogP contribution >= 0.6 is 11.6 Å². The number of hydrogen-bond acceptors (Lipinski definition) is 3. The van der Waals surface area contributed by atoms with Crippen LogP contribution in [0.1, 0.15) is 31.2 Å². The van der Waals surface area contributed by atoms with Gasteiger partial charge in [-0.05, 0) is 36.6 Å². The number of rotatable bonds is 5. The average Bonchev–Trinajstić information content (AvgIpc) is 3.12. The second-order valence-corrected chi connectivity index (χ2v) is 7.00. The number of anilines is 1. The van der Waals surface area contributed by atoms with Gasteiger partial charge in [0.15, 0.2) is 0 Å². The molecule has 1 aliphatic heterocycles. The molecule has 0 unspecified atom stereocenters. The molecule has 1 saturated carbocycles. The number of hydrogen-bond donors (Lipinski definition) is 2. The number of carbonyl (C=O) groups is 1. The molecule has 0 bridgehead atoms. The van der Waals surface area contributed by atoms with Gasteiger partial charge in [0.25, 0.3) is 0 Å². The SMILES string of the molecule is COCC1(CNC(=O)[C@@H]2Cc3cc(Cl)ccc3N2)CCCC1. The summed E-state index contributed by atoms with van der Waals surface area (Å²) in [6.45, 7) is 1.43. The maximum absolute atomic E-state index is 12.5. The zero-order chi connectivity index (χ0) is 15.6. The Kier molecular flexibility index (Phi) is 4.59. The Morgan fingerprint density at radius 1 is 1.45 bits per heavy atom. The molecule has 1 atom stereocenters. The molecular formula is C17H23ClN2O2. The number of benzene rings is 1. The van der Waals surface area contributed by atoms with Gasteiger partial charge in [0.1, 0.15) is 6.04 Å². The zero-order valence-corrected chi connectivity index (χ0v) is 13.7. The minimum atomic E-state index is -0.200. The summed E-state index contributed by atoms with van der Waals surface area (Å²) < 4.78 is 5.37. The second kappa shape index (κ2) is 6.47. The van der Waals surface area contributed by atoms with E-state index < -0.39 is 0 Å². The molecule has 5 heteroatoms. The fourth-order valence-electron chi connectivity index (χ4n) is 3.69. The first-order valence-electron chi connectivity index (χ1n) is 7.93. The summed E-state index contributed by atoms with van der Waals surface area (Å²) in [5.41, 5.74) is 2.25. The first kappa shape index (κ1) is 15.6. The fourth-order valence-corrected chi connectivity index (χ4v) is 3.88. The number of nitrogens with one attached hydrogen (secondary N) is 2. The van der Waals surface area contributed by atoms with Gasteiger partial charge in [-0.2, -0.15) is 0 Å². The summed E-state index contributed by atoms with van der Waals surface area (Å²) in [6, 6.07) is 5.52. The van der Waals surface area contributed by atoms with Crippen molar-refractivity contribution in [3.8, 4) is 0 Å². The number of carbonyl (C=O) groups excluding carboxylic acids is 1. The first-order valence-corrected chi connectivity index (χ1v) is 8.31. The molecular weight excluding hydrogens is 300 g/mol. The smallest absolute Gasteiger partial charge is 0.242 e. The molecule has 22 heavy (non-hydrogen) atoms. The lowest BCUT2D eigenvalue weighted by Gasteiger charge is -2.29. The molecule has 0 saturated heterocycles. The van der Waals surface area contributed by atoms with Crippen LogP contribution in [0.15, 0.2) is 18.2 Å².